The maximum Gasteiger partial charge on any atom is 0.274 e. The summed E-state index contributed by atoms with van der Waals surface area (Å²) in [6.45, 7) is 5.77. The van der Waals surface area contributed by atoms with E-state index >= 15 is 0 Å². The molecule has 0 saturated heterocycles. The van der Waals surface area contributed by atoms with Crippen LogP contribution in [0.25, 0.3) is 0 Å². The van der Waals surface area contributed by atoms with E-state index in [-0.39, 0.29) is 17.6 Å². The molecule has 2 heterocycles. The molecule has 0 aromatic carbocycles. The molecular weight excluding hydrogens is 248 g/mol. The van der Waals surface area contributed by atoms with Crippen molar-refractivity contribution in [3.63, 3.8) is 0 Å². The van der Waals surface area contributed by atoms with E-state index in [2.05, 4.69) is 15.5 Å². The molecule has 0 aliphatic rings. The molecule has 0 spiro atoms. The van der Waals surface area contributed by atoms with Crippen molar-refractivity contribution in [3.05, 3.63) is 33.3 Å². The molecule has 0 saturated carbocycles. The molecule has 4 N–H and O–H groups in total. The Labute approximate surface area is 109 Å². The largest absolute Gasteiger partial charge is 0.395 e. The van der Waals surface area contributed by atoms with Crippen LogP contribution in [0.5, 0.6) is 0 Å². The number of nitrogen functional groups attached to an aromatic ring is 1. The lowest BCUT2D eigenvalue weighted by Crippen LogP contribution is -2.27. The standard InChI is InChI=1S/C12H16N4OS/c1-6-4-5-9(18-6)7(2)14-12(17)11-10(13)8(3)15-16-11/h4-5,7H,13H2,1-3H3,(H,14,17)(H,15,16). The van der Waals surface area contributed by atoms with Crippen molar-refractivity contribution in [1.82, 2.24) is 15.5 Å². The number of aryl methyl sites for hydroxylation is 2. The van der Waals surface area contributed by atoms with Crippen molar-refractivity contribution in [2.75, 3.05) is 5.73 Å². The van der Waals surface area contributed by atoms with Gasteiger partial charge in [0.2, 0.25) is 0 Å². The lowest BCUT2D eigenvalue weighted by atomic mass is 10.2. The van der Waals surface area contributed by atoms with Crippen molar-refractivity contribution in [2.45, 2.75) is 26.8 Å². The number of rotatable bonds is 3. The van der Waals surface area contributed by atoms with Gasteiger partial charge in [-0.05, 0) is 32.9 Å². The number of hydrogen-bond donors (Lipinski definition) is 3. The van der Waals surface area contributed by atoms with Crippen molar-refractivity contribution < 1.29 is 4.79 Å². The molecule has 2 aromatic rings. The number of aromatic amines is 1. The van der Waals surface area contributed by atoms with Gasteiger partial charge >= 0.3 is 0 Å². The highest BCUT2D eigenvalue weighted by atomic mass is 32.1. The molecule has 1 unspecified atom stereocenters. The zero-order valence-corrected chi connectivity index (χ0v) is 11.4. The smallest absolute Gasteiger partial charge is 0.274 e. The molecule has 0 bridgehead atoms. The fourth-order valence-corrected chi connectivity index (χ4v) is 2.51. The van der Waals surface area contributed by atoms with E-state index in [0.29, 0.717) is 11.4 Å². The highest BCUT2D eigenvalue weighted by Gasteiger charge is 2.18. The lowest BCUT2D eigenvalue weighted by molar-refractivity contribution is 0.0936. The third kappa shape index (κ3) is 2.38. The van der Waals surface area contributed by atoms with E-state index in [1.165, 1.54) is 4.88 Å². The molecule has 0 fully saturated rings. The van der Waals surface area contributed by atoms with E-state index in [1.54, 1.807) is 18.3 Å². The van der Waals surface area contributed by atoms with Crippen LogP contribution in [0.2, 0.25) is 0 Å². The summed E-state index contributed by atoms with van der Waals surface area (Å²) < 4.78 is 0. The maximum absolute atomic E-state index is 12.0. The quantitative estimate of drug-likeness (QED) is 0.794. The third-order valence-electron chi connectivity index (χ3n) is 2.75. The topological polar surface area (TPSA) is 83.8 Å². The summed E-state index contributed by atoms with van der Waals surface area (Å²) in [4.78, 5) is 14.3. The minimum atomic E-state index is -0.254. The number of hydrogen-bond acceptors (Lipinski definition) is 4. The van der Waals surface area contributed by atoms with Gasteiger partial charge < -0.3 is 11.1 Å². The molecule has 1 atom stereocenters. The first-order valence-electron chi connectivity index (χ1n) is 5.66. The highest BCUT2D eigenvalue weighted by Crippen LogP contribution is 2.23. The van der Waals surface area contributed by atoms with Crippen LogP contribution in [0.1, 0.15) is 38.9 Å². The number of nitrogens with one attached hydrogen (secondary N) is 2. The van der Waals surface area contributed by atoms with Crippen LogP contribution in [0.3, 0.4) is 0 Å². The normalized spacial score (nSPS) is 12.4. The van der Waals surface area contributed by atoms with Gasteiger partial charge in [0.1, 0.15) is 0 Å². The van der Waals surface area contributed by atoms with Gasteiger partial charge in [-0.2, -0.15) is 5.10 Å². The van der Waals surface area contributed by atoms with Gasteiger partial charge in [0.15, 0.2) is 5.69 Å². The number of carbonyl (C=O) groups excluding carboxylic acids is 1. The predicted molar refractivity (Wildman–Crippen MR) is 72.7 cm³/mol. The second-order valence-electron chi connectivity index (χ2n) is 4.25. The first-order chi connectivity index (χ1) is 8.49. The Morgan fingerprint density at radius 1 is 1.50 bits per heavy atom. The maximum atomic E-state index is 12.0. The number of nitrogens with zero attached hydrogens (tertiary/aromatic N) is 1. The first kappa shape index (κ1) is 12.6. The Hall–Kier alpha value is -1.82. The number of carbonyl (C=O) groups is 1. The summed E-state index contributed by atoms with van der Waals surface area (Å²) >= 11 is 1.67. The summed E-state index contributed by atoms with van der Waals surface area (Å²) in [7, 11) is 0. The molecule has 18 heavy (non-hydrogen) atoms. The number of nitrogens with two attached hydrogens (primary N) is 1. The minimum absolute atomic E-state index is 0.0485. The van der Waals surface area contributed by atoms with E-state index in [9.17, 15) is 4.79 Å². The summed E-state index contributed by atoms with van der Waals surface area (Å²) in [6.07, 6.45) is 0. The monoisotopic (exact) mass is 264 g/mol. The average Bonchev–Trinajstić information content (AvgIpc) is 2.87. The summed E-state index contributed by atoms with van der Waals surface area (Å²) in [6, 6.07) is 4.01. The van der Waals surface area contributed by atoms with E-state index in [4.69, 9.17) is 5.73 Å². The van der Waals surface area contributed by atoms with Gasteiger partial charge in [0.05, 0.1) is 17.4 Å². The molecule has 0 aliphatic carbocycles. The third-order valence-corrected chi connectivity index (χ3v) is 3.93. The Bertz CT molecular complexity index is 572. The van der Waals surface area contributed by atoms with Gasteiger partial charge in [-0.1, -0.05) is 0 Å². The minimum Gasteiger partial charge on any atom is -0.395 e. The lowest BCUT2D eigenvalue weighted by Gasteiger charge is -2.11. The van der Waals surface area contributed by atoms with Crippen LogP contribution < -0.4 is 11.1 Å². The van der Waals surface area contributed by atoms with Crippen molar-refractivity contribution in [2.24, 2.45) is 0 Å². The van der Waals surface area contributed by atoms with Crippen LogP contribution in [-0.2, 0) is 0 Å². The summed E-state index contributed by atoms with van der Waals surface area (Å²) in [5.74, 6) is -0.254. The number of thiophene rings is 1. The van der Waals surface area contributed by atoms with Crippen molar-refractivity contribution >= 4 is 22.9 Å². The summed E-state index contributed by atoms with van der Waals surface area (Å²) in [5, 5.41) is 9.50. The fourth-order valence-electron chi connectivity index (χ4n) is 1.63. The number of aromatic nitrogens is 2. The molecule has 2 rings (SSSR count). The first-order valence-corrected chi connectivity index (χ1v) is 6.48. The zero-order chi connectivity index (χ0) is 13.3. The van der Waals surface area contributed by atoms with Gasteiger partial charge in [-0.25, -0.2) is 0 Å². The van der Waals surface area contributed by atoms with Crippen LogP contribution in [0.15, 0.2) is 12.1 Å². The molecule has 6 heteroatoms. The molecular formula is C12H16N4OS. The SMILES string of the molecule is Cc1ccc(C(C)NC(=O)c2n[nH]c(C)c2N)s1. The molecule has 5 nitrogen and oxygen atoms in total. The zero-order valence-electron chi connectivity index (χ0n) is 10.6. The van der Waals surface area contributed by atoms with Gasteiger partial charge in [-0.3, -0.25) is 9.89 Å². The second kappa shape index (κ2) is 4.81. The molecule has 2 aromatic heterocycles. The number of amides is 1. The van der Waals surface area contributed by atoms with E-state index in [1.807, 2.05) is 26.0 Å². The van der Waals surface area contributed by atoms with E-state index in [0.717, 1.165) is 4.88 Å². The van der Waals surface area contributed by atoms with Crippen molar-refractivity contribution in [3.8, 4) is 0 Å². The van der Waals surface area contributed by atoms with Crippen molar-refractivity contribution in [1.29, 1.82) is 0 Å². The van der Waals surface area contributed by atoms with Crippen LogP contribution in [0.4, 0.5) is 5.69 Å². The van der Waals surface area contributed by atoms with Crippen LogP contribution >= 0.6 is 11.3 Å². The average molecular weight is 264 g/mol. The van der Waals surface area contributed by atoms with Crippen LogP contribution in [-0.4, -0.2) is 16.1 Å². The van der Waals surface area contributed by atoms with Gasteiger partial charge in [0, 0.05) is 9.75 Å². The Morgan fingerprint density at radius 3 is 2.72 bits per heavy atom. The second-order valence-corrected chi connectivity index (χ2v) is 5.57. The number of H-pyrrole nitrogens is 1. The Morgan fingerprint density at radius 2 is 2.22 bits per heavy atom. The fraction of sp³-hybridized carbons (Fsp3) is 0.333. The van der Waals surface area contributed by atoms with Crippen LogP contribution in [0, 0.1) is 13.8 Å². The molecule has 1 amide bonds. The predicted octanol–water partition coefficient (Wildman–Crippen LogP) is 2.16. The molecule has 96 valence electrons. The van der Waals surface area contributed by atoms with Gasteiger partial charge in [0.25, 0.3) is 5.91 Å². The number of anilines is 1. The molecule has 0 aliphatic heterocycles. The summed E-state index contributed by atoms with van der Waals surface area (Å²) in [5.41, 5.74) is 7.14. The van der Waals surface area contributed by atoms with E-state index < -0.39 is 0 Å². The highest BCUT2D eigenvalue weighted by molar-refractivity contribution is 7.12. The van der Waals surface area contributed by atoms with Gasteiger partial charge in [-0.15, -0.1) is 11.3 Å². The Kier molecular flexibility index (Phi) is 3.38. The molecule has 0 radical (unpaired) electrons. The Balaban J connectivity index is 2.10.